The van der Waals surface area contributed by atoms with Crippen LogP contribution in [0.3, 0.4) is 0 Å². The minimum Gasteiger partial charge on any atom is -0.370 e. The van der Waals surface area contributed by atoms with E-state index in [1.54, 1.807) is 6.20 Å². The van der Waals surface area contributed by atoms with E-state index in [2.05, 4.69) is 34.1 Å². The van der Waals surface area contributed by atoms with Crippen molar-refractivity contribution in [2.45, 2.75) is 43.2 Å². The number of hydrogen-bond acceptors (Lipinski definition) is 5. The Balaban J connectivity index is 2.24. The maximum Gasteiger partial charge on any atom is 0.132 e. The molecule has 2 aromatic rings. The molecule has 112 valence electrons. The van der Waals surface area contributed by atoms with Crippen LogP contribution in [0.5, 0.6) is 0 Å². The molecule has 0 fully saturated rings. The summed E-state index contributed by atoms with van der Waals surface area (Å²) in [7, 11) is 0. The number of aromatic nitrogens is 3. The SMILES string of the molecule is CCCNc1cc(Sc2ncccc2Cl)nc(CCC)n1. The molecule has 2 rings (SSSR count). The molecule has 0 aliphatic heterocycles. The number of nitrogens with zero attached hydrogens (tertiary/aromatic N) is 3. The van der Waals surface area contributed by atoms with Gasteiger partial charge in [0, 0.05) is 25.2 Å². The molecule has 0 aliphatic rings. The molecule has 1 N–H and O–H groups in total. The summed E-state index contributed by atoms with van der Waals surface area (Å²) in [6, 6.07) is 5.61. The van der Waals surface area contributed by atoms with Crippen LogP contribution >= 0.6 is 23.4 Å². The third-order valence-electron chi connectivity index (χ3n) is 2.70. The second-order valence-electron chi connectivity index (χ2n) is 4.58. The Morgan fingerprint density at radius 1 is 1.24 bits per heavy atom. The fourth-order valence-electron chi connectivity index (χ4n) is 1.75. The fourth-order valence-corrected chi connectivity index (χ4v) is 2.79. The number of aryl methyl sites for hydroxylation is 1. The Kier molecular flexibility index (Phi) is 6.26. The lowest BCUT2D eigenvalue weighted by Crippen LogP contribution is -2.05. The molecule has 0 saturated carbocycles. The zero-order valence-corrected chi connectivity index (χ0v) is 13.8. The quantitative estimate of drug-likeness (QED) is 0.763. The molecule has 21 heavy (non-hydrogen) atoms. The van der Waals surface area contributed by atoms with Gasteiger partial charge < -0.3 is 5.32 Å². The minimum absolute atomic E-state index is 0.640. The number of halogens is 1. The first-order valence-corrected chi connectivity index (χ1v) is 8.32. The lowest BCUT2D eigenvalue weighted by molar-refractivity contribution is 0.807. The zero-order chi connectivity index (χ0) is 15.1. The lowest BCUT2D eigenvalue weighted by atomic mass is 10.3. The highest BCUT2D eigenvalue weighted by Crippen LogP contribution is 2.31. The molecular formula is C15H19ClN4S. The number of nitrogens with one attached hydrogen (secondary N) is 1. The van der Waals surface area contributed by atoms with Crippen molar-refractivity contribution in [3.8, 4) is 0 Å². The van der Waals surface area contributed by atoms with Crippen molar-refractivity contribution >= 4 is 29.2 Å². The molecule has 0 amide bonds. The van der Waals surface area contributed by atoms with Crippen LogP contribution in [0.25, 0.3) is 0 Å². The van der Waals surface area contributed by atoms with Crippen molar-refractivity contribution in [3.63, 3.8) is 0 Å². The van der Waals surface area contributed by atoms with E-state index in [-0.39, 0.29) is 0 Å². The van der Waals surface area contributed by atoms with Crippen LogP contribution in [0.2, 0.25) is 5.02 Å². The Morgan fingerprint density at radius 3 is 2.81 bits per heavy atom. The predicted octanol–water partition coefficient (Wildman–Crippen LogP) is 4.45. The van der Waals surface area contributed by atoms with Crippen LogP contribution < -0.4 is 5.32 Å². The third-order valence-corrected chi connectivity index (χ3v) is 4.06. The monoisotopic (exact) mass is 322 g/mol. The van der Waals surface area contributed by atoms with E-state index in [0.717, 1.165) is 47.5 Å². The molecular weight excluding hydrogens is 304 g/mol. The molecule has 2 aromatic heterocycles. The summed E-state index contributed by atoms with van der Waals surface area (Å²) in [5, 5.41) is 5.59. The summed E-state index contributed by atoms with van der Waals surface area (Å²) in [6.07, 6.45) is 4.68. The summed E-state index contributed by atoms with van der Waals surface area (Å²) in [5.74, 6) is 1.72. The van der Waals surface area contributed by atoms with E-state index in [1.165, 1.54) is 11.8 Å². The van der Waals surface area contributed by atoms with Gasteiger partial charge in [-0.05, 0) is 36.7 Å². The van der Waals surface area contributed by atoms with E-state index in [4.69, 9.17) is 11.6 Å². The second kappa shape index (κ2) is 8.20. The van der Waals surface area contributed by atoms with Gasteiger partial charge in [0.1, 0.15) is 21.7 Å². The molecule has 6 heteroatoms. The van der Waals surface area contributed by atoms with Gasteiger partial charge in [-0.15, -0.1) is 0 Å². The largest absolute Gasteiger partial charge is 0.370 e. The van der Waals surface area contributed by atoms with E-state index in [1.807, 2.05) is 18.2 Å². The number of anilines is 1. The van der Waals surface area contributed by atoms with Crippen LogP contribution in [0.1, 0.15) is 32.5 Å². The van der Waals surface area contributed by atoms with E-state index in [9.17, 15) is 0 Å². The topological polar surface area (TPSA) is 50.7 Å². The van der Waals surface area contributed by atoms with Gasteiger partial charge in [-0.1, -0.05) is 25.4 Å². The Morgan fingerprint density at radius 2 is 2.10 bits per heavy atom. The van der Waals surface area contributed by atoms with Gasteiger partial charge >= 0.3 is 0 Å². The van der Waals surface area contributed by atoms with Crippen molar-refractivity contribution in [1.29, 1.82) is 0 Å². The van der Waals surface area contributed by atoms with Crippen LogP contribution in [0, 0.1) is 0 Å². The Bertz CT molecular complexity index is 592. The lowest BCUT2D eigenvalue weighted by Gasteiger charge is -2.09. The van der Waals surface area contributed by atoms with E-state index >= 15 is 0 Å². The standard InChI is InChI=1S/C15H19ClN4S/c1-3-6-12-19-13(17-8-4-2)10-14(20-12)21-15-11(16)7-5-9-18-15/h5,7,9-10H,3-4,6,8H2,1-2H3,(H,17,19,20). The fraction of sp³-hybridized carbons (Fsp3) is 0.400. The van der Waals surface area contributed by atoms with Gasteiger partial charge in [0.05, 0.1) is 5.02 Å². The first kappa shape index (κ1) is 16.0. The maximum atomic E-state index is 6.16. The van der Waals surface area contributed by atoms with Gasteiger partial charge in [0.25, 0.3) is 0 Å². The molecule has 4 nitrogen and oxygen atoms in total. The molecule has 0 saturated heterocycles. The molecule has 0 unspecified atom stereocenters. The van der Waals surface area contributed by atoms with Gasteiger partial charge in [0.2, 0.25) is 0 Å². The third kappa shape index (κ3) is 4.86. The smallest absolute Gasteiger partial charge is 0.132 e. The van der Waals surface area contributed by atoms with Crippen LogP contribution in [0.15, 0.2) is 34.4 Å². The molecule has 0 aromatic carbocycles. The number of rotatable bonds is 7. The predicted molar refractivity (Wildman–Crippen MR) is 88.2 cm³/mol. The highest BCUT2D eigenvalue weighted by atomic mass is 35.5. The van der Waals surface area contributed by atoms with Crippen LogP contribution in [-0.2, 0) is 6.42 Å². The van der Waals surface area contributed by atoms with E-state index < -0.39 is 0 Å². The van der Waals surface area contributed by atoms with Gasteiger partial charge in [-0.3, -0.25) is 0 Å². The molecule has 0 aliphatic carbocycles. The van der Waals surface area contributed by atoms with Gasteiger partial charge in [-0.2, -0.15) is 0 Å². The van der Waals surface area contributed by atoms with Crippen LogP contribution in [-0.4, -0.2) is 21.5 Å². The summed E-state index contributed by atoms with van der Waals surface area (Å²) in [6.45, 7) is 5.15. The van der Waals surface area contributed by atoms with Crippen molar-refractivity contribution in [3.05, 3.63) is 35.2 Å². The highest BCUT2D eigenvalue weighted by molar-refractivity contribution is 7.99. The Hall–Kier alpha value is -1.33. The number of pyridine rings is 1. The summed E-state index contributed by atoms with van der Waals surface area (Å²) >= 11 is 7.62. The van der Waals surface area contributed by atoms with Crippen molar-refractivity contribution in [2.24, 2.45) is 0 Å². The zero-order valence-electron chi connectivity index (χ0n) is 12.3. The van der Waals surface area contributed by atoms with Crippen molar-refractivity contribution in [2.75, 3.05) is 11.9 Å². The second-order valence-corrected chi connectivity index (χ2v) is 5.99. The molecule has 0 atom stereocenters. The van der Waals surface area contributed by atoms with Crippen molar-refractivity contribution in [1.82, 2.24) is 15.0 Å². The summed E-state index contributed by atoms with van der Waals surface area (Å²) in [5.41, 5.74) is 0. The summed E-state index contributed by atoms with van der Waals surface area (Å²) < 4.78 is 0. The molecule has 0 bridgehead atoms. The first-order chi connectivity index (χ1) is 10.2. The minimum atomic E-state index is 0.640. The average molecular weight is 323 g/mol. The van der Waals surface area contributed by atoms with E-state index in [0.29, 0.717) is 5.02 Å². The maximum absolute atomic E-state index is 6.16. The van der Waals surface area contributed by atoms with Gasteiger partial charge in [0.15, 0.2) is 0 Å². The molecule has 2 heterocycles. The first-order valence-electron chi connectivity index (χ1n) is 7.13. The summed E-state index contributed by atoms with van der Waals surface area (Å²) in [4.78, 5) is 13.4. The normalized spacial score (nSPS) is 10.6. The van der Waals surface area contributed by atoms with Gasteiger partial charge in [-0.25, -0.2) is 15.0 Å². The number of hydrogen-bond donors (Lipinski definition) is 1. The molecule has 0 spiro atoms. The molecule has 0 radical (unpaired) electrons. The highest BCUT2D eigenvalue weighted by Gasteiger charge is 2.09. The van der Waals surface area contributed by atoms with Crippen molar-refractivity contribution < 1.29 is 0 Å². The Labute approximate surface area is 134 Å². The van der Waals surface area contributed by atoms with Crippen LogP contribution in [0.4, 0.5) is 5.82 Å². The average Bonchev–Trinajstić information content (AvgIpc) is 2.48.